The van der Waals surface area contributed by atoms with Crippen LogP contribution in [0.5, 0.6) is 0 Å². The maximum absolute atomic E-state index is 10.7. The molecule has 0 rings (SSSR count). The highest BCUT2D eigenvalue weighted by Crippen LogP contribution is 1.84. The first-order chi connectivity index (χ1) is 6.16. The van der Waals surface area contributed by atoms with E-state index < -0.39 is 11.9 Å². The normalized spacial score (nSPS) is 10.2. The van der Waals surface area contributed by atoms with Gasteiger partial charge in [0, 0.05) is 12.6 Å². The van der Waals surface area contributed by atoms with Crippen LogP contribution < -0.4 is 5.48 Å². The summed E-state index contributed by atoms with van der Waals surface area (Å²) in [5, 5.41) is 8.22. The molecule has 74 valence electrons. The van der Waals surface area contributed by atoms with E-state index in [1.807, 2.05) is 6.92 Å². The van der Waals surface area contributed by atoms with Gasteiger partial charge in [0.05, 0.1) is 6.42 Å². The van der Waals surface area contributed by atoms with E-state index in [0.717, 1.165) is 12.5 Å². The fourth-order valence-corrected chi connectivity index (χ4v) is 0.514. The van der Waals surface area contributed by atoms with Crippen LogP contribution in [0.1, 0.15) is 19.8 Å². The smallest absolute Gasteiger partial charge is 0.349 e. The summed E-state index contributed by atoms with van der Waals surface area (Å²) in [6, 6.07) is 0. The third-order valence-electron chi connectivity index (χ3n) is 1.07. The van der Waals surface area contributed by atoms with Crippen molar-refractivity contribution in [2.75, 3.05) is 6.54 Å². The van der Waals surface area contributed by atoms with Crippen LogP contribution >= 0.6 is 0 Å². The lowest BCUT2D eigenvalue weighted by Crippen LogP contribution is -2.19. The predicted octanol–water partition coefficient (Wildman–Crippen LogP) is 0.475. The molecule has 0 aliphatic rings. The molecule has 0 aliphatic carbocycles. The van der Waals surface area contributed by atoms with Gasteiger partial charge in [-0.3, -0.25) is 4.79 Å². The molecular formula is C8H13NO4. The zero-order chi connectivity index (χ0) is 10.1. The van der Waals surface area contributed by atoms with Gasteiger partial charge < -0.3 is 9.94 Å². The van der Waals surface area contributed by atoms with E-state index in [1.54, 1.807) is 0 Å². The van der Waals surface area contributed by atoms with Crippen molar-refractivity contribution in [1.82, 2.24) is 5.48 Å². The van der Waals surface area contributed by atoms with E-state index in [9.17, 15) is 9.59 Å². The van der Waals surface area contributed by atoms with Crippen LogP contribution in [0, 0.1) is 0 Å². The van der Waals surface area contributed by atoms with Gasteiger partial charge in [0.1, 0.15) is 0 Å². The number of aliphatic carboxylic acids is 1. The fourth-order valence-electron chi connectivity index (χ4n) is 0.514. The van der Waals surface area contributed by atoms with Crippen molar-refractivity contribution in [3.8, 4) is 0 Å². The van der Waals surface area contributed by atoms with E-state index in [0.29, 0.717) is 6.54 Å². The number of rotatable bonds is 6. The summed E-state index contributed by atoms with van der Waals surface area (Å²) in [5.74, 6) is -1.57. The van der Waals surface area contributed by atoms with Gasteiger partial charge >= 0.3 is 11.9 Å². The van der Waals surface area contributed by atoms with Gasteiger partial charge in [-0.25, -0.2) is 4.79 Å². The molecule has 0 heterocycles. The van der Waals surface area contributed by atoms with Crippen molar-refractivity contribution in [3.05, 3.63) is 12.2 Å². The largest absolute Gasteiger partial charge is 0.481 e. The molecule has 5 nitrogen and oxygen atoms in total. The molecule has 0 amide bonds. The van der Waals surface area contributed by atoms with E-state index in [1.165, 1.54) is 6.08 Å². The average molecular weight is 187 g/mol. The Kier molecular flexibility index (Phi) is 6.53. The van der Waals surface area contributed by atoms with Crippen LogP contribution in [0.25, 0.3) is 0 Å². The van der Waals surface area contributed by atoms with Crippen LogP contribution in [-0.2, 0) is 14.4 Å². The molecule has 0 aromatic heterocycles. The zero-order valence-electron chi connectivity index (χ0n) is 7.45. The van der Waals surface area contributed by atoms with Crippen LogP contribution in [0.15, 0.2) is 12.2 Å². The molecule has 0 fully saturated rings. The minimum atomic E-state index is -0.981. The maximum Gasteiger partial charge on any atom is 0.349 e. The summed E-state index contributed by atoms with van der Waals surface area (Å²) in [7, 11) is 0. The Balaban J connectivity index is 3.49. The van der Waals surface area contributed by atoms with Gasteiger partial charge in [0.25, 0.3) is 0 Å². The Morgan fingerprint density at radius 1 is 1.54 bits per heavy atom. The van der Waals surface area contributed by atoms with Crippen LogP contribution in [0.4, 0.5) is 0 Å². The number of carboxylic acid groups (broad SMARTS) is 1. The molecule has 0 saturated carbocycles. The first kappa shape index (κ1) is 11.6. The Bertz CT molecular complexity index is 200. The van der Waals surface area contributed by atoms with Crippen LogP contribution in [0.2, 0.25) is 0 Å². The van der Waals surface area contributed by atoms with Gasteiger partial charge in [-0.05, 0) is 6.42 Å². The third-order valence-corrected chi connectivity index (χ3v) is 1.07. The van der Waals surface area contributed by atoms with Gasteiger partial charge in [-0.1, -0.05) is 13.0 Å². The number of carbonyl (C=O) groups excluding carboxylic acids is 1. The summed E-state index contributed by atoms with van der Waals surface area (Å²) in [6.07, 6.45) is 2.99. The molecular weight excluding hydrogens is 174 g/mol. The number of hydrogen-bond acceptors (Lipinski definition) is 4. The summed E-state index contributed by atoms with van der Waals surface area (Å²) < 4.78 is 0. The lowest BCUT2D eigenvalue weighted by molar-refractivity contribution is -0.144. The maximum atomic E-state index is 10.7. The zero-order valence-corrected chi connectivity index (χ0v) is 7.45. The second-order valence-electron chi connectivity index (χ2n) is 2.32. The standard InChI is InChI=1S/C8H13NO4/c1-2-6-9-13-8(12)5-3-4-7(10)11/h3,5,9H,2,4,6H2,1H3,(H,10,11). The van der Waals surface area contributed by atoms with Crippen molar-refractivity contribution in [2.45, 2.75) is 19.8 Å². The number of carbonyl (C=O) groups is 2. The summed E-state index contributed by atoms with van der Waals surface area (Å²) in [5.41, 5.74) is 2.42. The van der Waals surface area contributed by atoms with Crippen molar-refractivity contribution in [2.24, 2.45) is 0 Å². The van der Waals surface area contributed by atoms with Gasteiger partial charge in [-0.15, -0.1) is 0 Å². The van der Waals surface area contributed by atoms with Gasteiger partial charge in [-0.2, -0.15) is 5.48 Å². The van der Waals surface area contributed by atoms with Gasteiger partial charge in [0.2, 0.25) is 0 Å². The molecule has 5 heteroatoms. The monoisotopic (exact) mass is 187 g/mol. The van der Waals surface area contributed by atoms with Crippen LogP contribution in [-0.4, -0.2) is 23.6 Å². The lowest BCUT2D eigenvalue weighted by Gasteiger charge is -1.99. The van der Waals surface area contributed by atoms with Crippen molar-refractivity contribution in [3.63, 3.8) is 0 Å². The third kappa shape index (κ3) is 8.55. The van der Waals surface area contributed by atoms with Gasteiger partial charge in [0.15, 0.2) is 0 Å². The molecule has 2 N–H and O–H groups in total. The molecule has 0 unspecified atom stereocenters. The first-order valence-corrected chi connectivity index (χ1v) is 3.98. The molecule has 0 aliphatic heterocycles. The second kappa shape index (κ2) is 7.30. The highest BCUT2D eigenvalue weighted by Gasteiger charge is 1.96. The molecule has 0 atom stereocenters. The predicted molar refractivity (Wildman–Crippen MR) is 45.8 cm³/mol. The van der Waals surface area contributed by atoms with Crippen molar-refractivity contribution >= 4 is 11.9 Å². The number of hydrogen-bond donors (Lipinski definition) is 2. The highest BCUT2D eigenvalue weighted by atomic mass is 16.7. The Morgan fingerprint density at radius 2 is 2.23 bits per heavy atom. The molecule has 0 aromatic rings. The summed E-state index contributed by atoms with van der Waals surface area (Å²) in [6.45, 7) is 2.51. The lowest BCUT2D eigenvalue weighted by atomic mass is 10.4. The van der Waals surface area contributed by atoms with E-state index in [4.69, 9.17) is 5.11 Å². The SMILES string of the molecule is CCCNOC(=O)C=CCC(=O)O. The minimum absolute atomic E-state index is 0.178. The fraction of sp³-hybridized carbons (Fsp3) is 0.500. The topological polar surface area (TPSA) is 75.6 Å². The summed E-state index contributed by atoms with van der Waals surface area (Å²) in [4.78, 5) is 25.3. The quantitative estimate of drug-likeness (QED) is 0.359. The van der Waals surface area contributed by atoms with E-state index in [-0.39, 0.29) is 6.42 Å². The van der Waals surface area contributed by atoms with Crippen molar-refractivity contribution in [1.29, 1.82) is 0 Å². The van der Waals surface area contributed by atoms with Crippen LogP contribution in [0.3, 0.4) is 0 Å². The minimum Gasteiger partial charge on any atom is -0.481 e. The van der Waals surface area contributed by atoms with E-state index in [2.05, 4.69) is 10.3 Å². The number of nitrogens with one attached hydrogen (secondary N) is 1. The second-order valence-corrected chi connectivity index (χ2v) is 2.32. The molecule has 0 aromatic carbocycles. The Morgan fingerprint density at radius 3 is 2.77 bits per heavy atom. The van der Waals surface area contributed by atoms with E-state index >= 15 is 0 Å². The number of carboxylic acids is 1. The Hall–Kier alpha value is -1.36. The number of hydroxylamine groups is 1. The molecule has 0 spiro atoms. The molecule has 0 radical (unpaired) electrons. The Labute approximate surface area is 76.3 Å². The average Bonchev–Trinajstić information content (AvgIpc) is 2.04. The molecule has 0 bridgehead atoms. The van der Waals surface area contributed by atoms with Crippen molar-refractivity contribution < 1.29 is 19.5 Å². The first-order valence-electron chi connectivity index (χ1n) is 3.98. The molecule has 13 heavy (non-hydrogen) atoms. The highest BCUT2D eigenvalue weighted by molar-refractivity contribution is 5.82. The molecule has 0 saturated heterocycles. The summed E-state index contributed by atoms with van der Waals surface area (Å²) >= 11 is 0.